The van der Waals surface area contributed by atoms with Crippen molar-refractivity contribution in [1.29, 1.82) is 0 Å². The minimum Gasteiger partial charge on any atom is -0.371 e. The molecule has 0 saturated carbocycles. The number of halogens is 1. The Morgan fingerprint density at radius 1 is 1.26 bits per heavy atom. The third-order valence-corrected chi connectivity index (χ3v) is 2.54. The van der Waals surface area contributed by atoms with Crippen molar-refractivity contribution >= 4 is 17.4 Å². The molecule has 5 nitrogen and oxygen atoms in total. The van der Waals surface area contributed by atoms with Gasteiger partial charge in [0.25, 0.3) is 5.91 Å². The Labute approximate surface area is 109 Å². The molecule has 1 amide bonds. The molecule has 2 aromatic rings. The number of anilines is 2. The summed E-state index contributed by atoms with van der Waals surface area (Å²) in [7, 11) is 1.54. The van der Waals surface area contributed by atoms with Crippen LogP contribution in [-0.2, 0) is 0 Å². The van der Waals surface area contributed by atoms with E-state index in [0.29, 0.717) is 5.69 Å². The van der Waals surface area contributed by atoms with E-state index in [1.54, 1.807) is 12.1 Å². The highest BCUT2D eigenvalue weighted by molar-refractivity contribution is 6.04. The van der Waals surface area contributed by atoms with Crippen LogP contribution in [0.4, 0.5) is 15.9 Å². The van der Waals surface area contributed by atoms with Gasteiger partial charge in [0.05, 0.1) is 17.4 Å². The van der Waals surface area contributed by atoms with Crippen molar-refractivity contribution in [3.05, 3.63) is 47.7 Å². The van der Waals surface area contributed by atoms with Crippen LogP contribution in [0.25, 0.3) is 0 Å². The molecule has 0 fully saturated rings. The molecule has 19 heavy (non-hydrogen) atoms. The van der Waals surface area contributed by atoms with Gasteiger partial charge in [-0.25, -0.2) is 9.37 Å². The molecule has 0 bridgehead atoms. The van der Waals surface area contributed by atoms with Gasteiger partial charge < -0.3 is 10.6 Å². The van der Waals surface area contributed by atoms with Gasteiger partial charge in [-0.05, 0) is 25.1 Å². The highest BCUT2D eigenvalue weighted by Crippen LogP contribution is 2.16. The molecule has 0 atom stereocenters. The maximum Gasteiger partial charge on any atom is 0.258 e. The molecule has 2 heterocycles. The zero-order valence-corrected chi connectivity index (χ0v) is 10.6. The van der Waals surface area contributed by atoms with Gasteiger partial charge in [0.2, 0.25) is 0 Å². The Kier molecular flexibility index (Phi) is 3.70. The smallest absolute Gasteiger partial charge is 0.258 e. The van der Waals surface area contributed by atoms with Crippen LogP contribution in [0.3, 0.4) is 0 Å². The molecule has 0 aromatic carbocycles. The molecule has 2 aromatic heterocycles. The fourth-order valence-corrected chi connectivity index (χ4v) is 1.53. The maximum atomic E-state index is 13.9. The van der Waals surface area contributed by atoms with Crippen LogP contribution < -0.4 is 10.6 Å². The number of nitrogens with zero attached hydrogens (tertiary/aromatic N) is 2. The second-order valence-electron chi connectivity index (χ2n) is 3.91. The van der Waals surface area contributed by atoms with Crippen LogP contribution in [0.1, 0.15) is 16.1 Å². The number of carbonyl (C=O) groups is 1. The maximum absolute atomic E-state index is 13.9. The Bertz CT molecular complexity index is 598. The van der Waals surface area contributed by atoms with Gasteiger partial charge in [-0.3, -0.25) is 9.78 Å². The summed E-state index contributed by atoms with van der Waals surface area (Å²) < 4.78 is 13.9. The van der Waals surface area contributed by atoms with E-state index in [-0.39, 0.29) is 11.4 Å². The Morgan fingerprint density at radius 2 is 2.05 bits per heavy atom. The summed E-state index contributed by atoms with van der Waals surface area (Å²) in [5, 5.41) is 5.16. The molecule has 0 aliphatic heterocycles. The van der Waals surface area contributed by atoms with Crippen LogP contribution in [-0.4, -0.2) is 22.9 Å². The number of aromatic nitrogens is 2. The molecule has 0 aliphatic rings. The summed E-state index contributed by atoms with van der Waals surface area (Å²) in [6.07, 6.45) is 2.89. The number of aryl methyl sites for hydroxylation is 1. The molecular weight excluding hydrogens is 247 g/mol. The summed E-state index contributed by atoms with van der Waals surface area (Å²) >= 11 is 0. The first-order chi connectivity index (χ1) is 9.11. The summed E-state index contributed by atoms with van der Waals surface area (Å²) in [5.41, 5.74) is 1.28. The Morgan fingerprint density at radius 3 is 2.68 bits per heavy atom. The lowest BCUT2D eigenvalue weighted by Gasteiger charge is -2.08. The van der Waals surface area contributed by atoms with Crippen molar-refractivity contribution in [2.24, 2.45) is 0 Å². The predicted molar refractivity (Wildman–Crippen MR) is 70.7 cm³/mol. The van der Waals surface area contributed by atoms with Crippen molar-refractivity contribution in [2.45, 2.75) is 6.92 Å². The molecular formula is C13H13FN4O. The Balaban J connectivity index is 2.23. The summed E-state index contributed by atoms with van der Waals surface area (Å²) in [6, 6.07) is 4.79. The van der Waals surface area contributed by atoms with E-state index in [2.05, 4.69) is 20.6 Å². The molecule has 0 radical (unpaired) electrons. The van der Waals surface area contributed by atoms with Gasteiger partial charge in [0.1, 0.15) is 0 Å². The SMILES string of the molecule is CNc1nccc(C(=O)Nc2ccc(C)nc2)c1F. The summed E-state index contributed by atoms with van der Waals surface area (Å²) in [6.45, 7) is 1.84. The lowest BCUT2D eigenvalue weighted by atomic mass is 10.2. The number of hydrogen-bond donors (Lipinski definition) is 2. The third-order valence-electron chi connectivity index (χ3n) is 2.54. The van der Waals surface area contributed by atoms with E-state index in [1.807, 2.05) is 6.92 Å². The monoisotopic (exact) mass is 260 g/mol. The number of nitrogens with one attached hydrogen (secondary N) is 2. The molecule has 98 valence electrons. The van der Waals surface area contributed by atoms with E-state index in [1.165, 1.54) is 25.5 Å². The number of rotatable bonds is 3. The largest absolute Gasteiger partial charge is 0.371 e. The number of carbonyl (C=O) groups excluding carboxylic acids is 1. The third kappa shape index (κ3) is 2.85. The van der Waals surface area contributed by atoms with Crippen molar-refractivity contribution in [3.63, 3.8) is 0 Å². The molecule has 6 heteroatoms. The van der Waals surface area contributed by atoms with Gasteiger partial charge in [0.15, 0.2) is 11.6 Å². The fraction of sp³-hybridized carbons (Fsp3) is 0.154. The fourth-order valence-electron chi connectivity index (χ4n) is 1.53. The summed E-state index contributed by atoms with van der Waals surface area (Å²) in [4.78, 5) is 19.8. The van der Waals surface area contributed by atoms with E-state index in [9.17, 15) is 9.18 Å². The lowest BCUT2D eigenvalue weighted by molar-refractivity contribution is 0.102. The topological polar surface area (TPSA) is 66.9 Å². The second-order valence-corrected chi connectivity index (χ2v) is 3.91. The van der Waals surface area contributed by atoms with Gasteiger partial charge in [-0.1, -0.05) is 0 Å². The minimum atomic E-state index is -0.678. The van der Waals surface area contributed by atoms with Gasteiger partial charge in [-0.15, -0.1) is 0 Å². The minimum absolute atomic E-state index is 0.0367. The predicted octanol–water partition coefficient (Wildman–Crippen LogP) is 2.22. The van der Waals surface area contributed by atoms with E-state index in [0.717, 1.165) is 5.69 Å². The average Bonchev–Trinajstić information content (AvgIpc) is 2.41. The first-order valence-electron chi connectivity index (χ1n) is 5.68. The highest BCUT2D eigenvalue weighted by Gasteiger charge is 2.15. The number of hydrogen-bond acceptors (Lipinski definition) is 4. The van der Waals surface area contributed by atoms with Crippen LogP contribution in [0, 0.1) is 12.7 Å². The number of pyridine rings is 2. The van der Waals surface area contributed by atoms with Crippen molar-refractivity contribution in [1.82, 2.24) is 9.97 Å². The first-order valence-corrected chi connectivity index (χ1v) is 5.68. The van der Waals surface area contributed by atoms with Crippen molar-refractivity contribution in [3.8, 4) is 0 Å². The standard InChI is InChI=1S/C13H13FN4O/c1-8-3-4-9(7-17-8)18-13(19)10-5-6-16-12(15-2)11(10)14/h3-7H,1-2H3,(H,15,16)(H,18,19). The zero-order valence-electron chi connectivity index (χ0n) is 10.6. The van der Waals surface area contributed by atoms with Gasteiger partial charge >= 0.3 is 0 Å². The van der Waals surface area contributed by atoms with Crippen LogP contribution in [0.15, 0.2) is 30.6 Å². The molecule has 0 saturated heterocycles. The van der Waals surface area contributed by atoms with Gasteiger partial charge in [-0.2, -0.15) is 0 Å². The van der Waals surface area contributed by atoms with Crippen molar-refractivity contribution in [2.75, 3.05) is 17.7 Å². The highest BCUT2D eigenvalue weighted by atomic mass is 19.1. The Hall–Kier alpha value is -2.50. The van der Waals surface area contributed by atoms with E-state index < -0.39 is 11.7 Å². The van der Waals surface area contributed by atoms with Crippen molar-refractivity contribution < 1.29 is 9.18 Å². The van der Waals surface area contributed by atoms with E-state index in [4.69, 9.17) is 0 Å². The molecule has 2 N–H and O–H groups in total. The zero-order chi connectivity index (χ0) is 13.8. The molecule has 2 rings (SSSR count). The second kappa shape index (κ2) is 5.43. The van der Waals surface area contributed by atoms with Crippen LogP contribution in [0.2, 0.25) is 0 Å². The first kappa shape index (κ1) is 12.9. The van der Waals surface area contributed by atoms with Crippen LogP contribution >= 0.6 is 0 Å². The van der Waals surface area contributed by atoms with Gasteiger partial charge in [0, 0.05) is 18.9 Å². The molecule has 0 unspecified atom stereocenters. The average molecular weight is 260 g/mol. The molecule has 0 aliphatic carbocycles. The summed E-state index contributed by atoms with van der Waals surface area (Å²) in [5.74, 6) is -1.18. The quantitative estimate of drug-likeness (QED) is 0.888. The van der Waals surface area contributed by atoms with E-state index >= 15 is 0 Å². The normalized spacial score (nSPS) is 10.1. The molecule has 0 spiro atoms. The van der Waals surface area contributed by atoms with Crippen LogP contribution in [0.5, 0.6) is 0 Å². The number of amides is 1. The lowest BCUT2D eigenvalue weighted by Crippen LogP contribution is -2.15.